The molecule has 1 atom stereocenters. The van der Waals surface area contributed by atoms with Crippen LogP contribution in [0.25, 0.3) is 0 Å². The molecule has 18 heavy (non-hydrogen) atoms. The molecule has 1 saturated heterocycles. The average molecular weight is 310 g/mol. The number of rotatable bonds is 3. The second kappa shape index (κ2) is 5.35. The van der Waals surface area contributed by atoms with Crippen LogP contribution < -0.4 is 0 Å². The predicted molar refractivity (Wildman–Crippen MR) is 70.5 cm³/mol. The van der Waals surface area contributed by atoms with Gasteiger partial charge in [0.1, 0.15) is 0 Å². The number of benzene rings is 1. The zero-order valence-electron chi connectivity index (χ0n) is 9.51. The molecule has 0 bridgehead atoms. The van der Waals surface area contributed by atoms with E-state index in [1.165, 1.54) is 22.5 Å². The zero-order valence-corrected chi connectivity index (χ0v) is 11.8. The Hall–Kier alpha value is -0.330. The average Bonchev–Trinajstić information content (AvgIpc) is 2.76. The normalized spacial score (nSPS) is 21.4. The van der Waals surface area contributed by atoms with Crippen molar-refractivity contribution in [2.45, 2.75) is 23.8 Å². The van der Waals surface area contributed by atoms with E-state index in [4.69, 9.17) is 23.2 Å². The zero-order chi connectivity index (χ0) is 13.3. The van der Waals surface area contributed by atoms with Gasteiger partial charge in [-0.25, -0.2) is 8.42 Å². The summed E-state index contributed by atoms with van der Waals surface area (Å²) in [4.78, 5) is 0.0698. The number of aliphatic hydroxyl groups is 1. The molecule has 1 N–H and O–H groups in total. The SMILES string of the molecule is O=S(=O)(c1cc(Cl)cc(Cl)c1)N1CCC[C@@H]1CO. The predicted octanol–water partition coefficient (Wildman–Crippen LogP) is 2.14. The maximum Gasteiger partial charge on any atom is 0.243 e. The number of halogens is 2. The van der Waals surface area contributed by atoms with Crippen molar-refractivity contribution >= 4 is 33.2 Å². The second-order valence-corrected chi connectivity index (χ2v) is 6.96. The molecule has 0 saturated carbocycles. The number of hydrogen-bond acceptors (Lipinski definition) is 3. The quantitative estimate of drug-likeness (QED) is 0.930. The highest BCUT2D eigenvalue weighted by Gasteiger charge is 2.35. The van der Waals surface area contributed by atoms with Crippen molar-refractivity contribution in [3.63, 3.8) is 0 Å². The van der Waals surface area contributed by atoms with E-state index in [0.29, 0.717) is 13.0 Å². The van der Waals surface area contributed by atoms with E-state index < -0.39 is 10.0 Å². The maximum absolute atomic E-state index is 12.4. The van der Waals surface area contributed by atoms with Gasteiger partial charge in [0.15, 0.2) is 0 Å². The Balaban J connectivity index is 2.41. The van der Waals surface area contributed by atoms with Crippen molar-refractivity contribution < 1.29 is 13.5 Å². The minimum Gasteiger partial charge on any atom is -0.395 e. The highest BCUT2D eigenvalue weighted by molar-refractivity contribution is 7.89. The summed E-state index contributed by atoms with van der Waals surface area (Å²) < 4.78 is 26.1. The van der Waals surface area contributed by atoms with Gasteiger partial charge in [0, 0.05) is 22.6 Å². The summed E-state index contributed by atoms with van der Waals surface area (Å²) in [5.41, 5.74) is 0. The highest BCUT2D eigenvalue weighted by atomic mass is 35.5. The molecule has 0 aliphatic carbocycles. The highest BCUT2D eigenvalue weighted by Crippen LogP contribution is 2.29. The van der Waals surface area contributed by atoms with Crippen LogP contribution in [-0.2, 0) is 10.0 Å². The van der Waals surface area contributed by atoms with Crippen LogP contribution >= 0.6 is 23.2 Å². The number of aliphatic hydroxyl groups excluding tert-OH is 1. The number of nitrogens with zero attached hydrogens (tertiary/aromatic N) is 1. The van der Waals surface area contributed by atoms with Gasteiger partial charge >= 0.3 is 0 Å². The summed E-state index contributed by atoms with van der Waals surface area (Å²) in [5.74, 6) is 0. The van der Waals surface area contributed by atoms with Gasteiger partial charge in [0.05, 0.1) is 11.5 Å². The molecule has 1 fully saturated rings. The van der Waals surface area contributed by atoms with Gasteiger partial charge < -0.3 is 5.11 Å². The molecule has 1 heterocycles. The molecule has 0 spiro atoms. The van der Waals surface area contributed by atoms with Crippen molar-refractivity contribution in [1.82, 2.24) is 4.31 Å². The van der Waals surface area contributed by atoms with Crippen LogP contribution in [0.1, 0.15) is 12.8 Å². The summed E-state index contributed by atoms with van der Waals surface area (Å²) in [6.45, 7) is 0.241. The molecule has 1 aromatic carbocycles. The molecule has 100 valence electrons. The van der Waals surface area contributed by atoms with Gasteiger partial charge in [-0.1, -0.05) is 23.2 Å². The smallest absolute Gasteiger partial charge is 0.243 e. The van der Waals surface area contributed by atoms with Gasteiger partial charge in [-0.15, -0.1) is 0 Å². The fraction of sp³-hybridized carbons (Fsp3) is 0.455. The third-order valence-corrected chi connectivity index (χ3v) is 5.34. The summed E-state index contributed by atoms with van der Waals surface area (Å²) in [6, 6.07) is 3.87. The van der Waals surface area contributed by atoms with E-state index in [-0.39, 0.29) is 27.6 Å². The Kier molecular flexibility index (Phi) is 4.18. The first-order valence-electron chi connectivity index (χ1n) is 5.54. The van der Waals surface area contributed by atoms with Crippen molar-refractivity contribution in [2.24, 2.45) is 0 Å². The minimum atomic E-state index is -3.64. The van der Waals surface area contributed by atoms with Gasteiger partial charge in [-0.3, -0.25) is 0 Å². The van der Waals surface area contributed by atoms with Crippen LogP contribution in [0.5, 0.6) is 0 Å². The van der Waals surface area contributed by atoms with Crippen LogP contribution in [0.3, 0.4) is 0 Å². The minimum absolute atomic E-state index is 0.0698. The van der Waals surface area contributed by atoms with Crippen LogP contribution in [0.4, 0.5) is 0 Å². The molecule has 0 aromatic heterocycles. The maximum atomic E-state index is 12.4. The lowest BCUT2D eigenvalue weighted by atomic mass is 10.2. The van der Waals surface area contributed by atoms with E-state index in [1.807, 2.05) is 0 Å². The number of hydrogen-bond donors (Lipinski definition) is 1. The molecule has 1 aliphatic heterocycles. The van der Waals surface area contributed by atoms with Crippen LogP contribution in [-0.4, -0.2) is 37.0 Å². The molecule has 2 rings (SSSR count). The third kappa shape index (κ3) is 2.65. The van der Waals surface area contributed by atoms with Crippen molar-refractivity contribution in [3.05, 3.63) is 28.2 Å². The standard InChI is InChI=1S/C11H13Cl2NO3S/c12-8-4-9(13)6-11(5-8)18(16,17)14-3-1-2-10(14)7-15/h4-6,10,15H,1-3,7H2/t10-/m1/s1. The molecule has 1 aromatic rings. The summed E-state index contributed by atoms with van der Waals surface area (Å²) >= 11 is 11.6. The monoisotopic (exact) mass is 309 g/mol. The fourth-order valence-corrected chi connectivity index (χ4v) is 4.53. The summed E-state index contributed by atoms with van der Waals surface area (Å²) in [6.07, 6.45) is 1.42. The van der Waals surface area contributed by atoms with E-state index in [9.17, 15) is 13.5 Å². The summed E-state index contributed by atoms with van der Waals surface area (Å²) in [7, 11) is -3.64. The topological polar surface area (TPSA) is 57.6 Å². The van der Waals surface area contributed by atoms with Crippen LogP contribution in [0.2, 0.25) is 10.0 Å². The second-order valence-electron chi connectivity index (χ2n) is 4.20. The Morgan fingerprint density at radius 3 is 2.44 bits per heavy atom. The molecule has 4 nitrogen and oxygen atoms in total. The molecule has 0 unspecified atom stereocenters. The van der Waals surface area contributed by atoms with Crippen LogP contribution in [0, 0.1) is 0 Å². The Morgan fingerprint density at radius 1 is 1.28 bits per heavy atom. The van der Waals surface area contributed by atoms with Gasteiger partial charge in [-0.05, 0) is 31.0 Å². The van der Waals surface area contributed by atoms with Crippen molar-refractivity contribution in [1.29, 1.82) is 0 Å². The van der Waals surface area contributed by atoms with E-state index in [1.54, 1.807) is 0 Å². The van der Waals surface area contributed by atoms with Crippen molar-refractivity contribution in [3.8, 4) is 0 Å². The molecular weight excluding hydrogens is 297 g/mol. The van der Waals surface area contributed by atoms with E-state index in [0.717, 1.165) is 6.42 Å². The largest absolute Gasteiger partial charge is 0.395 e. The van der Waals surface area contributed by atoms with Gasteiger partial charge in [0.25, 0.3) is 0 Å². The molecule has 0 amide bonds. The van der Waals surface area contributed by atoms with Gasteiger partial charge in [-0.2, -0.15) is 4.31 Å². The van der Waals surface area contributed by atoms with Gasteiger partial charge in [0.2, 0.25) is 10.0 Å². The third-order valence-electron chi connectivity index (χ3n) is 2.98. The lowest BCUT2D eigenvalue weighted by molar-refractivity contribution is 0.213. The number of sulfonamides is 1. The first-order chi connectivity index (χ1) is 8.45. The molecule has 0 radical (unpaired) electrons. The lowest BCUT2D eigenvalue weighted by Gasteiger charge is -2.22. The molecule has 7 heteroatoms. The Labute approximate surface area is 116 Å². The van der Waals surface area contributed by atoms with Crippen molar-refractivity contribution in [2.75, 3.05) is 13.2 Å². The summed E-state index contributed by atoms with van der Waals surface area (Å²) in [5, 5.41) is 9.75. The molecular formula is C11H13Cl2NO3S. The van der Waals surface area contributed by atoms with E-state index in [2.05, 4.69) is 0 Å². The fourth-order valence-electron chi connectivity index (χ4n) is 2.12. The van der Waals surface area contributed by atoms with E-state index >= 15 is 0 Å². The van der Waals surface area contributed by atoms with Crippen LogP contribution in [0.15, 0.2) is 23.1 Å². The first-order valence-corrected chi connectivity index (χ1v) is 7.73. The first kappa shape index (κ1) is 14.1. The Morgan fingerprint density at radius 2 is 1.89 bits per heavy atom. The molecule has 1 aliphatic rings. The Bertz CT molecular complexity index is 527. The lowest BCUT2D eigenvalue weighted by Crippen LogP contribution is -2.37.